The molecule has 6 heteroatoms. The Kier molecular flexibility index (Phi) is 3.00. The molecule has 13 heavy (non-hydrogen) atoms. The molecule has 1 aromatic rings. The molecule has 0 saturated heterocycles. The number of alkyl halides is 2. The third kappa shape index (κ3) is 1.87. The minimum absolute atomic E-state index is 0.0719. The molecule has 0 aliphatic heterocycles. The first-order chi connectivity index (χ1) is 6.07. The normalized spacial score (nSPS) is 10.8. The summed E-state index contributed by atoms with van der Waals surface area (Å²) in [5, 5.41) is 8.63. The summed E-state index contributed by atoms with van der Waals surface area (Å²) in [5.74, 6) is 0. The van der Waals surface area contributed by atoms with Gasteiger partial charge in [0.15, 0.2) is 0 Å². The van der Waals surface area contributed by atoms with Gasteiger partial charge in [0.2, 0.25) is 0 Å². The highest BCUT2D eigenvalue weighted by atomic mass is 35.5. The summed E-state index contributed by atoms with van der Waals surface area (Å²) in [5.41, 5.74) is -1.92. The number of H-pyrrole nitrogens is 1. The molecule has 0 aliphatic rings. The molecule has 0 radical (unpaired) electrons. The van der Waals surface area contributed by atoms with E-state index in [0.29, 0.717) is 0 Å². The molecule has 0 amide bonds. The highest BCUT2D eigenvalue weighted by molar-refractivity contribution is 6.31. The van der Waals surface area contributed by atoms with Gasteiger partial charge in [-0.15, -0.1) is 0 Å². The van der Waals surface area contributed by atoms with Crippen molar-refractivity contribution in [2.24, 2.45) is 0 Å². The smallest absolute Gasteiger partial charge is 0.269 e. The van der Waals surface area contributed by atoms with Gasteiger partial charge in [-0.2, -0.15) is 0 Å². The molecule has 0 fully saturated rings. The average molecular weight is 210 g/mol. The summed E-state index contributed by atoms with van der Waals surface area (Å²) in [6.45, 7) is -0.678. The maximum atomic E-state index is 12.3. The zero-order chi connectivity index (χ0) is 10.0. The fourth-order valence-corrected chi connectivity index (χ4v) is 1.17. The molecular weight excluding hydrogens is 204 g/mol. The van der Waals surface area contributed by atoms with Crippen LogP contribution in [0.1, 0.15) is 17.6 Å². The molecule has 1 rings (SSSR count). The van der Waals surface area contributed by atoms with Gasteiger partial charge in [0.25, 0.3) is 12.0 Å². The van der Waals surface area contributed by atoms with Crippen molar-refractivity contribution in [2.75, 3.05) is 0 Å². The van der Waals surface area contributed by atoms with E-state index in [2.05, 4.69) is 0 Å². The van der Waals surface area contributed by atoms with E-state index < -0.39 is 24.2 Å². The summed E-state index contributed by atoms with van der Waals surface area (Å²) < 4.78 is 24.5. The van der Waals surface area contributed by atoms with Crippen LogP contribution in [0.15, 0.2) is 11.0 Å². The summed E-state index contributed by atoms with van der Waals surface area (Å²) in [7, 11) is 0. The standard InChI is InChI=1S/C7H6ClF2NO2/c8-4-1-11-7(13)5(6(9)10)3(4)2-12/h1,6,12H,2H2,(H,11,13). The third-order valence-electron chi connectivity index (χ3n) is 1.56. The van der Waals surface area contributed by atoms with Gasteiger partial charge in [0.05, 0.1) is 17.2 Å². The number of aliphatic hydroxyl groups excluding tert-OH is 1. The van der Waals surface area contributed by atoms with E-state index in [9.17, 15) is 13.6 Å². The molecule has 0 atom stereocenters. The number of aromatic amines is 1. The van der Waals surface area contributed by atoms with E-state index in [1.54, 1.807) is 0 Å². The quantitative estimate of drug-likeness (QED) is 0.775. The Morgan fingerprint density at radius 1 is 1.62 bits per heavy atom. The summed E-state index contributed by atoms with van der Waals surface area (Å²) in [4.78, 5) is 12.9. The Labute approximate surface area is 77.0 Å². The van der Waals surface area contributed by atoms with Crippen LogP contribution in [0.25, 0.3) is 0 Å². The molecule has 0 saturated carbocycles. The summed E-state index contributed by atoms with van der Waals surface area (Å²) >= 11 is 5.48. The molecule has 1 aromatic heterocycles. The van der Waals surface area contributed by atoms with Crippen molar-refractivity contribution in [3.63, 3.8) is 0 Å². The lowest BCUT2D eigenvalue weighted by atomic mass is 10.1. The number of hydrogen-bond donors (Lipinski definition) is 2. The molecule has 0 aliphatic carbocycles. The highest BCUT2D eigenvalue weighted by Gasteiger charge is 2.19. The molecule has 0 aromatic carbocycles. The van der Waals surface area contributed by atoms with Gasteiger partial charge in [0, 0.05) is 11.8 Å². The second kappa shape index (κ2) is 3.85. The second-order valence-corrected chi connectivity index (χ2v) is 2.72. The number of halogens is 3. The van der Waals surface area contributed by atoms with Gasteiger partial charge in [-0.3, -0.25) is 4.79 Å². The van der Waals surface area contributed by atoms with E-state index in [1.807, 2.05) is 4.98 Å². The average Bonchev–Trinajstić information content (AvgIpc) is 2.07. The van der Waals surface area contributed by atoms with Crippen molar-refractivity contribution in [1.29, 1.82) is 0 Å². The molecule has 0 bridgehead atoms. The van der Waals surface area contributed by atoms with Gasteiger partial charge < -0.3 is 10.1 Å². The Balaban J connectivity index is 3.44. The van der Waals surface area contributed by atoms with Crippen LogP contribution >= 0.6 is 11.6 Å². The largest absolute Gasteiger partial charge is 0.392 e. The van der Waals surface area contributed by atoms with Crippen molar-refractivity contribution >= 4 is 11.6 Å². The minimum Gasteiger partial charge on any atom is -0.392 e. The number of rotatable bonds is 2. The van der Waals surface area contributed by atoms with Crippen molar-refractivity contribution in [2.45, 2.75) is 13.0 Å². The van der Waals surface area contributed by atoms with Crippen molar-refractivity contribution in [3.8, 4) is 0 Å². The SMILES string of the molecule is O=c1[nH]cc(Cl)c(CO)c1C(F)F. The predicted octanol–water partition coefficient (Wildman–Crippen LogP) is 1.46. The molecule has 0 unspecified atom stereocenters. The number of aromatic nitrogens is 1. The lowest BCUT2D eigenvalue weighted by molar-refractivity contribution is 0.145. The molecule has 72 valence electrons. The van der Waals surface area contributed by atoms with E-state index in [0.717, 1.165) is 6.20 Å². The van der Waals surface area contributed by atoms with Crippen LogP contribution in [0.5, 0.6) is 0 Å². The Bertz CT molecular complexity index is 364. The first-order valence-corrected chi connectivity index (χ1v) is 3.74. The second-order valence-electron chi connectivity index (χ2n) is 2.32. The van der Waals surface area contributed by atoms with Gasteiger partial charge in [-0.25, -0.2) is 8.78 Å². The molecule has 2 N–H and O–H groups in total. The van der Waals surface area contributed by atoms with Crippen LogP contribution in [0.2, 0.25) is 5.02 Å². The number of hydrogen-bond acceptors (Lipinski definition) is 2. The Morgan fingerprint density at radius 2 is 2.23 bits per heavy atom. The van der Waals surface area contributed by atoms with Gasteiger partial charge in [-0.1, -0.05) is 11.6 Å². The van der Waals surface area contributed by atoms with Gasteiger partial charge in [0.1, 0.15) is 0 Å². The van der Waals surface area contributed by atoms with Crippen LogP contribution in [0, 0.1) is 0 Å². The van der Waals surface area contributed by atoms with Crippen LogP contribution in [0.3, 0.4) is 0 Å². The zero-order valence-corrected chi connectivity index (χ0v) is 7.11. The minimum atomic E-state index is -2.94. The highest BCUT2D eigenvalue weighted by Crippen LogP contribution is 2.24. The molecule has 3 nitrogen and oxygen atoms in total. The topological polar surface area (TPSA) is 53.1 Å². The number of pyridine rings is 1. The lowest BCUT2D eigenvalue weighted by Crippen LogP contribution is -2.16. The predicted molar refractivity (Wildman–Crippen MR) is 43.0 cm³/mol. The number of aliphatic hydroxyl groups is 1. The van der Waals surface area contributed by atoms with Crippen LogP contribution in [-0.4, -0.2) is 10.1 Å². The maximum absolute atomic E-state index is 12.3. The van der Waals surface area contributed by atoms with E-state index in [1.165, 1.54) is 0 Å². The fourth-order valence-electron chi connectivity index (χ4n) is 0.951. The van der Waals surface area contributed by atoms with Gasteiger partial charge in [-0.05, 0) is 0 Å². The fraction of sp³-hybridized carbons (Fsp3) is 0.286. The van der Waals surface area contributed by atoms with Crippen molar-refractivity contribution in [1.82, 2.24) is 4.98 Å². The molecule has 1 heterocycles. The maximum Gasteiger partial charge on any atom is 0.269 e. The lowest BCUT2D eigenvalue weighted by Gasteiger charge is -2.06. The first kappa shape index (κ1) is 10.1. The van der Waals surface area contributed by atoms with Crippen LogP contribution in [0.4, 0.5) is 8.78 Å². The Morgan fingerprint density at radius 3 is 2.62 bits per heavy atom. The van der Waals surface area contributed by atoms with E-state index in [4.69, 9.17) is 16.7 Å². The molecule has 0 spiro atoms. The summed E-state index contributed by atoms with van der Waals surface area (Å²) in [6.07, 6.45) is -1.87. The summed E-state index contributed by atoms with van der Waals surface area (Å²) in [6, 6.07) is 0. The van der Waals surface area contributed by atoms with E-state index >= 15 is 0 Å². The third-order valence-corrected chi connectivity index (χ3v) is 1.90. The molecular formula is C7H6ClF2NO2. The zero-order valence-electron chi connectivity index (χ0n) is 6.35. The monoisotopic (exact) mass is 209 g/mol. The van der Waals surface area contributed by atoms with Crippen LogP contribution in [-0.2, 0) is 6.61 Å². The van der Waals surface area contributed by atoms with Crippen molar-refractivity contribution in [3.05, 3.63) is 32.7 Å². The Hall–Kier alpha value is -0.940. The van der Waals surface area contributed by atoms with Crippen LogP contribution < -0.4 is 5.56 Å². The van der Waals surface area contributed by atoms with Gasteiger partial charge >= 0.3 is 0 Å². The number of nitrogens with one attached hydrogen (secondary N) is 1. The van der Waals surface area contributed by atoms with E-state index in [-0.39, 0.29) is 10.6 Å². The van der Waals surface area contributed by atoms with Crippen molar-refractivity contribution < 1.29 is 13.9 Å². The first-order valence-electron chi connectivity index (χ1n) is 3.37.